The van der Waals surface area contributed by atoms with Crippen molar-refractivity contribution in [2.45, 2.75) is 18.9 Å². The number of nitrogens with zero attached hydrogens (tertiary/aromatic N) is 2. The number of hydrogen-bond acceptors (Lipinski definition) is 4. The highest BCUT2D eigenvalue weighted by atomic mass is 16.2. The number of para-hydroxylation sites is 1. The van der Waals surface area contributed by atoms with Crippen molar-refractivity contribution in [3.05, 3.63) is 42.2 Å². The van der Waals surface area contributed by atoms with Crippen molar-refractivity contribution >= 4 is 29.1 Å². The Hall–Kier alpha value is -3.16. The van der Waals surface area contributed by atoms with Crippen LogP contribution in [0.3, 0.4) is 0 Å². The van der Waals surface area contributed by atoms with E-state index in [1.54, 1.807) is 42.2 Å². The van der Waals surface area contributed by atoms with Crippen LogP contribution in [0.25, 0.3) is 0 Å². The molecule has 1 aromatic carbocycles. The zero-order chi connectivity index (χ0) is 17.1. The van der Waals surface area contributed by atoms with Crippen molar-refractivity contribution in [2.75, 3.05) is 10.6 Å². The van der Waals surface area contributed by atoms with E-state index in [2.05, 4.69) is 21.0 Å². The molecule has 0 fully saturated rings. The van der Waals surface area contributed by atoms with Crippen molar-refractivity contribution in [3.8, 4) is 0 Å². The molecule has 3 N–H and O–H groups in total. The van der Waals surface area contributed by atoms with E-state index < -0.39 is 6.04 Å². The molecule has 1 aromatic heterocycles. The highest BCUT2D eigenvalue weighted by Crippen LogP contribution is 2.19. The van der Waals surface area contributed by atoms with Crippen molar-refractivity contribution in [1.29, 1.82) is 0 Å². The number of nitrogens with one attached hydrogen (secondary N) is 3. The van der Waals surface area contributed by atoms with E-state index in [0.29, 0.717) is 16.9 Å². The Morgan fingerprint density at radius 2 is 2.12 bits per heavy atom. The normalized spacial score (nSPS) is 16.6. The van der Waals surface area contributed by atoms with Gasteiger partial charge in [-0.3, -0.25) is 19.1 Å². The molecule has 8 nitrogen and oxygen atoms in total. The van der Waals surface area contributed by atoms with Crippen LogP contribution in [0.15, 0.2) is 36.7 Å². The second-order valence-electron chi connectivity index (χ2n) is 5.55. The average molecular weight is 327 g/mol. The number of fused-ring (bicyclic) bond motifs is 1. The topological polar surface area (TPSA) is 105 Å². The Bertz CT molecular complexity index is 799. The van der Waals surface area contributed by atoms with Crippen LogP contribution in [-0.4, -0.2) is 33.5 Å². The van der Waals surface area contributed by atoms with Crippen LogP contribution in [0, 0.1) is 0 Å². The van der Waals surface area contributed by atoms with Gasteiger partial charge in [-0.05, 0) is 18.6 Å². The molecule has 0 aliphatic carbocycles. The molecule has 3 rings (SSSR count). The van der Waals surface area contributed by atoms with Crippen LogP contribution in [0.2, 0.25) is 0 Å². The van der Waals surface area contributed by atoms with Gasteiger partial charge >= 0.3 is 0 Å². The van der Waals surface area contributed by atoms with E-state index in [4.69, 9.17) is 0 Å². The second-order valence-corrected chi connectivity index (χ2v) is 5.55. The van der Waals surface area contributed by atoms with Gasteiger partial charge < -0.3 is 16.0 Å². The van der Waals surface area contributed by atoms with Gasteiger partial charge in [0.15, 0.2) is 0 Å². The van der Waals surface area contributed by atoms with Gasteiger partial charge in [-0.15, -0.1) is 0 Å². The molecule has 0 radical (unpaired) electrons. The first-order valence-corrected chi connectivity index (χ1v) is 7.52. The van der Waals surface area contributed by atoms with Crippen molar-refractivity contribution in [1.82, 2.24) is 15.1 Å². The summed E-state index contributed by atoms with van der Waals surface area (Å²) >= 11 is 0. The summed E-state index contributed by atoms with van der Waals surface area (Å²) in [6, 6.07) is 6.03. The molecule has 1 aliphatic rings. The van der Waals surface area contributed by atoms with Crippen LogP contribution < -0.4 is 16.0 Å². The maximum absolute atomic E-state index is 12.2. The molecular formula is C16H17N5O3. The molecule has 1 aliphatic heterocycles. The Morgan fingerprint density at radius 1 is 1.33 bits per heavy atom. The Kier molecular flexibility index (Phi) is 4.28. The summed E-state index contributed by atoms with van der Waals surface area (Å²) in [5.74, 6) is -0.907. The van der Waals surface area contributed by atoms with Crippen LogP contribution >= 0.6 is 0 Å². The predicted octanol–water partition coefficient (Wildman–Crippen LogP) is 0.889. The third-order valence-corrected chi connectivity index (χ3v) is 3.70. The van der Waals surface area contributed by atoms with Gasteiger partial charge in [0.05, 0.1) is 23.1 Å². The predicted molar refractivity (Wildman–Crippen MR) is 87.4 cm³/mol. The molecule has 2 aromatic rings. The van der Waals surface area contributed by atoms with Crippen LogP contribution in [0.5, 0.6) is 0 Å². The van der Waals surface area contributed by atoms with Gasteiger partial charge in [0.1, 0.15) is 6.04 Å². The summed E-state index contributed by atoms with van der Waals surface area (Å²) in [6.07, 6.45) is 3.52. The van der Waals surface area contributed by atoms with Crippen LogP contribution in [0.4, 0.5) is 11.4 Å². The van der Waals surface area contributed by atoms with Crippen molar-refractivity contribution in [3.63, 3.8) is 0 Å². The fourth-order valence-electron chi connectivity index (χ4n) is 2.50. The lowest BCUT2D eigenvalue weighted by Crippen LogP contribution is -2.41. The number of aryl methyl sites for hydroxylation is 1. The van der Waals surface area contributed by atoms with Crippen LogP contribution in [0.1, 0.15) is 23.2 Å². The number of aromatic nitrogens is 2. The van der Waals surface area contributed by atoms with Gasteiger partial charge in [-0.1, -0.05) is 12.1 Å². The Morgan fingerprint density at radius 3 is 2.88 bits per heavy atom. The smallest absolute Gasteiger partial charge is 0.254 e. The Balaban J connectivity index is 1.60. The molecule has 24 heavy (non-hydrogen) atoms. The second kappa shape index (κ2) is 6.53. The SMILES string of the molecule is Cn1cc(NC(=O)CC[C@@H]2NC(=O)c3ccccc3NC2=O)cn1. The lowest BCUT2D eigenvalue weighted by atomic mass is 10.1. The van der Waals surface area contributed by atoms with Crippen LogP contribution in [-0.2, 0) is 16.6 Å². The zero-order valence-electron chi connectivity index (χ0n) is 13.1. The van der Waals surface area contributed by atoms with E-state index >= 15 is 0 Å². The monoisotopic (exact) mass is 327 g/mol. The first-order valence-electron chi connectivity index (χ1n) is 7.52. The third kappa shape index (κ3) is 3.43. The van der Waals surface area contributed by atoms with E-state index in [9.17, 15) is 14.4 Å². The minimum Gasteiger partial charge on any atom is -0.340 e. The quantitative estimate of drug-likeness (QED) is 0.775. The summed E-state index contributed by atoms with van der Waals surface area (Å²) in [7, 11) is 1.75. The number of anilines is 2. The Labute approximate surface area is 138 Å². The number of benzene rings is 1. The number of amides is 3. The van der Waals surface area contributed by atoms with E-state index in [-0.39, 0.29) is 30.6 Å². The molecule has 0 spiro atoms. The van der Waals surface area contributed by atoms with Gasteiger partial charge in [0.25, 0.3) is 5.91 Å². The first-order chi connectivity index (χ1) is 11.5. The van der Waals surface area contributed by atoms with E-state index in [0.717, 1.165) is 0 Å². The highest BCUT2D eigenvalue weighted by molar-refractivity contribution is 6.09. The summed E-state index contributed by atoms with van der Waals surface area (Å²) in [4.78, 5) is 36.4. The summed E-state index contributed by atoms with van der Waals surface area (Å²) in [6.45, 7) is 0. The van der Waals surface area contributed by atoms with E-state index in [1.165, 1.54) is 6.20 Å². The molecule has 124 valence electrons. The first kappa shape index (κ1) is 15.7. The largest absolute Gasteiger partial charge is 0.340 e. The standard InChI is InChI=1S/C16H17N5O3/c1-21-9-10(8-17-21)18-14(22)7-6-13-16(24)19-12-5-3-2-4-11(12)15(23)20-13/h2-5,8-9,13H,6-7H2,1H3,(H,18,22)(H,19,24)(H,20,23)/t13-/m0/s1. The number of carbonyl (C=O) groups is 3. The summed E-state index contributed by atoms with van der Waals surface area (Å²) < 4.78 is 1.58. The minimum absolute atomic E-state index is 0.101. The highest BCUT2D eigenvalue weighted by Gasteiger charge is 2.27. The maximum Gasteiger partial charge on any atom is 0.254 e. The van der Waals surface area contributed by atoms with Gasteiger partial charge in [-0.2, -0.15) is 5.10 Å². The lowest BCUT2D eigenvalue weighted by Gasteiger charge is -2.14. The summed E-state index contributed by atoms with van der Waals surface area (Å²) in [5, 5.41) is 12.0. The molecule has 0 bridgehead atoms. The molecule has 0 saturated heterocycles. The molecular weight excluding hydrogens is 310 g/mol. The van der Waals surface area contributed by atoms with Crippen molar-refractivity contribution in [2.24, 2.45) is 7.05 Å². The third-order valence-electron chi connectivity index (χ3n) is 3.70. The van der Waals surface area contributed by atoms with Crippen molar-refractivity contribution < 1.29 is 14.4 Å². The number of carbonyl (C=O) groups excluding carboxylic acids is 3. The zero-order valence-corrected chi connectivity index (χ0v) is 13.1. The molecule has 1 atom stereocenters. The van der Waals surface area contributed by atoms with E-state index in [1.807, 2.05) is 0 Å². The molecule has 8 heteroatoms. The fraction of sp³-hybridized carbons (Fsp3) is 0.250. The number of rotatable bonds is 4. The minimum atomic E-state index is -0.760. The molecule has 2 heterocycles. The lowest BCUT2D eigenvalue weighted by molar-refractivity contribution is -0.118. The molecule has 0 unspecified atom stereocenters. The fourth-order valence-corrected chi connectivity index (χ4v) is 2.50. The van der Waals surface area contributed by atoms with Gasteiger partial charge in [-0.25, -0.2) is 0 Å². The molecule has 0 saturated carbocycles. The van der Waals surface area contributed by atoms with Gasteiger partial charge in [0, 0.05) is 19.7 Å². The maximum atomic E-state index is 12.2. The van der Waals surface area contributed by atoms with Gasteiger partial charge in [0.2, 0.25) is 11.8 Å². The average Bonchev–Trinajstić information content (AvgIpc) is 2.91. The molecule has 3 amide bonds. The summed E-state index contributed by atoms with van der Waals surface area (Å²) in [5.41, 5.74) is 1.47. The number of hydrogen-bond donors (Lipinski definition) is 3.